The van der Waals surface area contributed by atoms with Crippen LogP contribution in [-0.2, 0) is 4.74 Å². The van der Waals surface area contributed by atoms with Crippen molar-refractivity contribution in [2.24, 2.45) is 0 Å². The molecule has 0 aliphatic carbocycles. The molecule has 31 heavy (non-hydrogen) atoms. The monoisotopic (exact) mass is 444 g/mol. The van der Waals surface area contributed by atoms with Gasteiger partial charge in [-0.2, -0.15) is 0 Å². The lowest BCUT2D eigenvalue weighted by molar-refractivity contribution is 0.0303. The Morgan fingerprint density at radius 1 is 1.10 bits per heavy atom. The second-order valence-electron chi connectivity index (χ2n) is 6.97. The van der Waals surface area contributed by atoms with E-state index < -0.39 is 0 Å². The van der Waals surface area contributed by atoms with E-state index in [1.165, 1.54) is 0 Å². The molecule has 1 N–H and O–H groups in total. The van der Waals surface area contributed by atoms with Gasteiger partial charge in [0.25, 0.3) is 5.91 Å². The van der Waals surface area contributed by atoms with Gasteiger partial charge >= 0.3 is 0 Å². The van der Waals surface area contributed by atoms with Crippen LogP contribution < -0.4 is 14.8 Å². The fraction of sp³-hybridized carbons (Fsp3) is 0.318. The highest BCUT2D eigenvalue weighted by molar-refractivity contribution is 6.07. The standard InChI is InChI=1S/C22H24N4O4.ClH/c1-14-4-6-16-20(25-15-5-7-18(28-2)19(12-15)29-3)17(13-23-21(16)24-14)22(27)26-8-10-30-11-9-26;/h4-7,12-13H,8-11H2,1-3H3,(H,23,24,25);1H. The molecule has 1 fully saturated rings. The zero-order chi connectivity index (χ0) is 21.1. The first-order chi connectivity index (χ1) is 14.6. The Morgan fingerprint density at radius 3 is 2.55 bits per heavy atom. The second kappa shape index (κ2) is 9.80. The summed E-state index contributed by atoms with van der Waals surface area (Å²) in [6.45, 7) is 4.09. The number of rotatable bonds is 5. The topological polar surface area (TPSA) is 85.8 Å². The van der Waals surface area contributed by atoms with Crippen LogP contribution >= 0.6 is 12.4 Å². The number of morpholine rings is 1. The first-order valence-corrected chi connectivity index (χ1v) is 9.73. The molecule has 1 aliphatic heterocycles. The van der Waals surface area contributed by atoms with Crippen molar-refractivity contribution in [3.05, 3.63) is 47.8 Å². The first-order valence-electron chi connectivity index (χ1n) is 9.73. The second-order valence-corrected chi connectivity index (χ2v) is 6.97. The van der Waals surface area contributed by atoms with Crippen LogP contribution in [0.15, 0.2) is 36.5 Å². The average Bonchev–Trinajstić information content (AvgIpc) is 2.79. The number of nitrogens with zero attached hydrogens (tertiary/aromatic N) is 3. The van der Waals surface area contributed by atoms with Crippen LogP contribution in [0.4, 0.5) is 11.4 Å². The van der Waals surface area contributed by atoms with Gasteiger partial charge in [-0.25, -0.2) is 9.97 Å². The molecule has 0 unspecified atom stereocenters. The van der Waals surface area contributed by atoms with Crippen LogP contribution in [0, 0.1) is 6.92 Å². The molecule has 4 rings (SSSR count). The number of benzene rings is 1. The van der Waals surface area contributed by atoms with E-state index in [4.69, 9.17) is 14.2 Å². The Labute approximate surface area is 186 Å². The van der Waals surface area contributed by atoms with Gasteiger partial charge in [-0.1, -0.05) is 0 Å². The molecule has 8 nitrogen and oxygen atoms in total. The van der Waals surface area contributed by atoms with E-state index in [9.17, 15) is 4.79 Å². The van der Waals surface area contributed by atoms with Gasteiger partial charge in [0.1, 0.15) is 0 Å². The third-order valence-electron chi connectivity index (χ3n) is 5.05. The summed E-state index contributed by atoms with van der Waals surface area (Å²) < 4.78 is 16.1. The number of hydrogen-bond donors (Lipinski definition) is 1. The van der Waals surface area contributed by atoms with E-state index in [2.05, 4.69) is 15.3 Å². The largest absolute Gasteiger partial charge is 0.493 e. The fourth-order valence-corrected chi connectivity index (χ4v) is 3.46. The minimum Gasteiger partial charge on any atom is -0.493 e. The normalized spacial score (nSPS) is 13.5. The van der Waals surface area contributed by atoms with E-state index in [0.717, 1.165) is 16.8 Å². The van der Waals surface area contributed by atoms with Crippen molar-refractivity contribution in [2.75, 3.05) is 45.8 Å². The average molecular weight is 445 g/mol. The zero-order valence-electron chi connectivity index (χ0n) is 17.7. The molecule has 1 aliphatic rings. The van der Waals surface area contributed by atoms with Crippen molar-refractivity contribution in [2.45, 2.75) is 6.92 Å². The van der Waals surface area contributed by atoms with Gasteiger partial charge < -0.3 is 24.4 Å². The minimum absolute atomic E-state index is 0. The molecule has 9 heteroatoms. The molecule has 3 heterocycles. The number of fused-ring (bicyclic) bond motifs is 1. The third kappa shape index (κ3) is 4.65. The molecule has 2 aromatic heterocycles. The SMILES string of the molecule is COc1ccc(Nc2c(C(=O)N3CCOCC3)cnc3nc(C)ccc23)cc1OC.Cl. The molecule has 164 valence electrons. The zero-order valence-corrected chi connectivity index (χ0v) is 18.5. The summed E-state index contributed by atoms with van der Waals surface area (Å²) in [4.78, 5) is 24.0. The predicted octanol–water partition coefficient (Wildman–Crippen LogP) is 3.59. The highest BCUT2D eigenvalue weighted by Crippen LogP contribution is 2.34. The van der Waals surface area contributed by atoms with Gasteiger partial charge in [0.15, 0.2) is 17.1 Å². The molecular formula is C22H25ClN4O4. The van der Waals surface area contributed by atoms with E-state index in [1.54, 1.807) is 25.3 Å². The van der Waals surface area contributed by atoms with Crippen molar-refractivity contribution >= 4 is 40.7 Å². The Kier molecular flexibility index (Phi) is 7.14. The smallest absolute Gasteiger partial charge is 0.257 e. The number of ether oxygens (including phenoxy) is 3. The first kappa shape index (κ1) is 22.6. The number of carbonyl (C=O) groups is 1. The summed E-state index contributed by atoms with van der Waals surface area (Å²) in [7, 11) is 3.18. The van der Waals surface area contributed by atoms with Crippen molar-refractivity contribution in [1.82, 2.24) is 14.9 Å². The molecule has 0 saturated carbocycles. The molecule has 1 saturated heterocycles. The lowest BCUT2D eigenvalue weighted by Crippen LogP contribution is -2.41. The fourth-order valence-electron chi connectivity index (χ4n) is 3.46. The van der Waals surface area contributed by atoms with E-state index in [-0.39, 0.29) is 18.3 Å². The maximum atomic E-state index is 13.3. The Hall–Kier alpha value is -3.10. The van der Waals surface area contributed by atoms with Gasteiger partial charge in [0, 0.05) is 42.1 Å². The van der Waals surface area contributed by atoms with Crippen LogP contribution in [0.2, 0.25) is 0 Å². The highest BCUT2D eigenvalue weighted by Gasteiger charge is 2.23. The number of carbonyl (C=O) groups excluding carboxylic acids is 1. The Balaban J connectivity index is 0.00000272. The van der Waals surface area contributed by atoms with Crippen molar-refractivity contribution in [3.8, 4) is 11.5 Å². The van der Waals surface area contributed by atoms with Crippen LogP contribution in [0.25, 0.3) is 11.0 Å². The molecular weight excluding hydrogens is 420 g/mol. The maximum Gasteiger partial charge on any atom is 0.257 e. The van der Waals surface area contributed by atoms with E-state index in [1.807, 2.05) is 37.3 Å². The lowest BCUT2D eigenvalue weighted by atomic mass is 10.1. The molecule has 0 bridgehead atoms. The van der Waals surface area contributed by atoms with Crippen LogP contribution in [0.3, 0.4) is 0 Å². The number of nitrogens with one attached hydrogen (secondary N) is 1. The van der Waals surface area contributed by atoms with Gasteiger partial charge in [0.2, 0.25) is 0 Å². The predicted molar refractivity (Wildman–Crippen MR) is 121 cm³/mol. The molecule has 1 amide bonds. The summed E-state index contributed by atoms with van der Waals surface area (Å²) >= 11 is 0. The van der Waals surface area contributed by atoms with Crippen molar-refractivity contribution in [3.63, 3.8) is 0 Å². The van der Waals surface area contributed by atoms with Crippen LogP contribution in [-0.4, -0.2) is 61.3 Å². The van der Waals surface area contributed by atoms with Crippen molar-refractivity contribution in [1.29, 1.82) is 0 Å². The number of methoxy groups -OCH3 is 2. The van der Waals surface area contributed by atoms with E-state index >= 15 is 0 Å². The number of amides is 1. The summed E-state index contributed by atoms with van der Waals surface area (Å²) in [6.07, 6.45) is 1.59. The summed E-state index contributed by atoms with van der Waals surface area (Å²) in [5.74, 6) is 1.14. The van der Waals surface area contributed by atoms with Crippen LogP contribution in [0.1, 0.15) is 16.1 Å². The lowest BCUT2D eigenvalue weighted by Gasteiger charge is -2.27. The van der Waals surface area contributed by atoms with Crippen molar-refractivity contribution < 1.29 is 19.0 Å². The van der Waals surface area contributed by atoms with Crippen LogP contribution in [0.5, 0.6) is 11.5 Å². The molecule has 0 radical (unpaired) electrons. The minimum atomic E-state index is -0.0868. The molecule has 3 aromatic rings. The van der Waals surface area contributed by atoms with Gasteiger partial charge in [-0.3, -0.25) is 4.79 Å². The number of aromatic nitrogens is 2. The number of aryl methyl sites for hydroxylation is 1. The molecule has 1 aromatic carbocycles. The number of pyridine rings is 2. The van der Waals surface area contributed by atoms with Gasteiger partial charge in [0.05, 0.1) is 38.7 Å². The third-order valence-corrected chi connectivity index (χ3v) is 5.05. The quantitative estimate of drug-likeness (QED) is 0.643. The summed E-state index contributed by atoms with van der Waals surface area (Å²) in [5.41, 5.74) is 3.36. The van der Waals surface area contributed by atoms with E-state index in [0.29, 0.717) is 54.7 Å². The summed E-state index contributed by atoms with van der Waals surface area (Å²) in [6, 6.07) is 9.36. The number of hydrogen-bond acceptors (Lipinski definition) is 7. The maximum absolute atomic E-state index is 13.3. The molecule has 0 atom stereocenters. The summed E-state index contributed by atoms with van der Waals surface area (Å²) in [5, 5.41) is 4.16. The Morgan fingerprint density at radius 2 is 1.84 bits per heavy atom. The van der Waals surface area contributed by atoms with Gasteiger partial charge in [-0.15, -0.1) is 12.4 Å². The highest BCUT2D eigenvalue weighted by atomic mass is 35.5. The Bertz CT molecular complexity index is 1090. The number of anilines is 2. The van der Waals surface area contributed by atoms with Gasteiger partial charge in [-0.05, 0) is 31.2 Å². The number of halogens is 1. The molecule has 0 spiro atoms.